The van der Waals surface area contributed by atoms with Crippen LogP contribution in [-0.2, 0) is 17.6 Å². The van der Waals surface area contributed by atoms with Gasteiger partial charge in [0.2, 0.25) is 5.95 Å². The first kappa shape index (κ1) is 11.8. The van der Waals surface area contributed by atoms with Gasteiger partial charge in [-0.15, -0.1) is 5.10 Å². The summed E-state index contributed by atoms with van der Waals surface area (Å²) in [5, 5.41) is 11.2. The maximum Gasteiger partial charge on any atom is 0.243 e. The number of nitrogens with one attached hydrogen (secondary N) is 1. The molecule has 0 aliphatic heterocycles. The molecule has 0 aromatic carbocycles. The minimum Gasteiger partial charge on any atom is -0.383 e. The van der Waals surface area contributed by atoms with Crippen LogP contribution >= 0.6 is 0 Å². The fourth-order valence-electron chi connectivity index (χ4n) is 1.28. The predicted octanol–water partition coefficient (Wildman–Crippen LogP) is 1.05. The molecule has 1 aromatic rings. The second-order valence-corrected chi connectivity index (χ2v) is 3.16. The first-order valence-corrected chi connectivity index (χ1v) is 5.27. The average Bonchev–Trinajstić information content (AvgIpc) is 2.29. The quantitative estimate of drug-likeness (QED) is 0.711. The van der Waals surface area contributed by atoms with Gasteiger partial charge >= 0.3 is 0 Å². The van der Waals surface area contributed by atoms with E-state index in [4.69, 9.17) is 4.74 Å². The van der Waals surface area contributed by atoms with Crippen LogP contribution in [0, 0.1) is 0 Å². The van der Waals surface area contributed by atoms with E-state index < -0.39 is 0 Å². The third kappa shape index (κ3) is 3.43. The molecule has 0 aliphatic carbocycles. The van der Waals surface area contributed by atoms with E-state index in [-0.39, 0.29) is 0 Å². The van der Waals surface area contributed by atoms with Gasteiger partial charge in [0.25, 0.3) is 0 Å². The zero-order chi connectivity index (χ0) is 11.1. The summed E-state index contributed by atoms with van der Waals surface area (Å²) in [5.74, 6) is 0.584. The van der Waals surface area contributed by atoms with Gasteiger partial charge < -0.3 is 10.1 Å². The Hall–Kier alpha value is -1.23. The van der Waals surface area contributed by atoms with E-state index in [0.29, 0.717) is 19.1 Å². The van der Waals surface area contributed by atoms with Gasteiger partial charge in [-0.3, -0.25) is 0 Å². The standard InChI is InChI=1S/C10H18N4O/c1-4-8-9(5-2)13-14-10(12-8)11-6-7-15-3/h4-7H2,1-3H3,(H,11,12,14). The lowest BCUT2D eigenvalue weighted by atomic mass is 10.2. The fraction of sp³-hybridized carbons (Fsp3) is 0.700. The molecule has 84 valence electrons. The Morgan fingerprint density at radius 3 is 2.47 bits per heavy atom. The van der Waals surface area contributed by atoms with Crippen LogP contribution in [0.25, 0.3) is 0 Å². The van der Waals surface area contributed by atoms with Crippen molar-refractivity contribution in [3.8, 4) is 0 Å². The van der Waals surface area contributed by atoms with Crippen molar-refractivity contribution < 1.29 is 4.74 Å². The molecule has 0 spiro atoms. The normalized spacial score (nSPS) is 10.3. The Morgan fingerprint density at radius 1 is 1.13 bits per heavy atom. The van der Waals surface area contributed by atoms with Gasteiger partial charge in [-0.1, -0.05) is 13.8 Å². The van der Waals surface area contributed by atoms with Crippen LogP contribution in [0.15, 0.2) is 0 Å². The monoisotopic (exact) mass is 210 g/mol. The third-order valence-electron chi connectivity index (χ3n) is 2.10. The highest BCUT2D eigenvalue weighted by Gasteiger charge is 2.04. The van der Waals surface area contributed by atoms with Crippen LogP contribution in [-0.4, -0.2) is 35.4 Å². The molecule has 1 N–H and O–H groups in total. The van der Waals surface area contributed by atoms with Gasteiger partial charge in [-0.25, -0.2) is 4.98 Å². The summed E-state index contributed by atoms with van der Waals surface area (Å²) in [7, 11) is 1.67. The summed E-state index contributed by atoms with van der Waals surface area (Å²) in [6.07, 6.45) is 1.76. The van der Waals surface area contributed by atoms with E-state index >= 15 is 0 Å². The Bertz CT molecular complexity index is 303. The Balaban J connectivity index is 2.66. The van der Waals surface area contributed by atoms with Crippen LogP contribution in [0.4, 0.5) is 5.95 Å². The smallest absolute Gasteiger partial charge is 0.243 e. The molecule has 15 heavy (non-hydrogen) atoms. The molecule has 1 aromatic heterocycles. The Labute approximate surface area is 90.3 Å². The average molecular weight is 210 g/mol. The molecule has 0 aliphatic rings. The molecule has 0 saturated heterocycles. The van der Waals surface area contributed by atoms with E-state index in [1.54, 1.807) is 7.11 Å². The lowest BCUT2D eigenvalue weighted by Crippen LogP contribution is -2.13. The van der Waals surface area contributed by atoms with Gasteiger partial charge in [0.15, 0.2) is 0 Å². The zero-order valence-electron chi connectivity index (χ0n) is 9.58. The minimum absolute atomic E-state index is 0.584. The summed E-state index contributed by atoms with van der Waals surface area (Å²) in [6, 6.07) is 0. The van der Waals surface area contributed by atoms with Crippen molar-refractivity contribution in [1.82, 2.24) is 15.2 Å². The highest BCUT2D eigenvalue weighted by atomic mass is 16.5. The molecule has 0 radical (unpaired) electrons. The summed E-state index contributed by atoms with van der Waals surface area (Å²) < 4.78 is 4.93. The molecule has 1 heterocycles. The number of hydrogen-bond acceptors (Lipinski definition) is 5. The molecular formula is C10H18N4O. The first-order valence-electron chi connectivity index (χ1n) is 5.27. The number of aromatic nitrogens is 3. The predicted molar refractivity (Wildman–Crippen MR) is 58.9 cm³/mol. The van der Waals surface area contributed by atoms with Crippen LogP contribution in [0.3, 0.4) is 0 Å². The molecule has 0 saturated carbocycles. The number of aryl methyl sites for hydroxylation is 2. The molecule has 0 atom stereocenters. The van der Waals surface area contributed by atoms with E-state index in [2.05, 4.69) is 34.3 Å². The minimum atomic E-state index is 0.584. The molecule has 0 fully saturated rings. The molecule has 1 rings (SSSR count). The van der Waals surface area contributed by atoms with E-state index in [0.717, 1.165) is 24.2 Å². The van der Waals surface area contributed by atoms with Crippen LogP contribution < -0.4 is 5.32 Å². The topological polar surface area (TPSA) is 59.9 Å². The summed E-state index contributed by atoms with van der Waals surface area (Å²) in [6.45, 7) is 5.47. The second-order valence-electron chi connectivity index (χ2n) is 3.16. The van der Waals surface area contributed by atoms with Crippen molar-refractivity contribution in [1.29, 1.82) is 0 Å². The molecule has 0 amide bonds. The van der Waals surface area contributed by atoms with Crippen molar-refractivity contribution in [3.05, 3.63) is 11.4 Å². The molecule has 0 unspecified atom stereocenters. The Kier molecular flexibility index (Phi) is 4.97. The summed E-state index contributed by atoms with van der Waals surface area (Å²) in [4.78, 5) is 4.39. The molecule has 0 bridgehead atoms. The SMILES string of the molecule is CCc1nnc(NCCOC)nc1CC. The third-order valence-corrected chi connectivity index (χ3v) is 2.10. The Morgan fingerprint density at radius 2 is 1.87 bits per heavy atom. The number of methoxy groups -OCH3 is 1. The van der Waals surface area contributed by atoms with E-state index in [9.17, 15) is 0 Å². The highest BCUT2D eigenvalue weighted by Crippen LogP contribution is 2.06. The van der Waals surface area contributed by atoms with Crippen molar-refractivity contribution in [2.24, 2.45) is 0 Å². The fourth-order valence-corrected chi connectivity index (χ4v) is 1.28. The first-order chi connectivity index (χ1) is 7.31. The van der Waals surface area contributed by atoms with Gasteiger partial charge in [-0.05, 0) is 12.8 Å². The maximum absolute atomic E-state index is 4.93. The van der Waals surface area contributed by atoms with Crippen molar-refractivity contribution in [2.45, 2.75) is 26.7 Å². The molecular weight excluding hydrogens is 192 g/mol. The maximum atomic E-state index is 4.93. The van der Waals surface area contributed by atoms with Crippen LogP contribution in [0.5, 0.6) is 0 Å². The van der Waals surface area contributed by atoms with Crippen LogP contribution in [0.1, 0.15) is 25.2 Å². The van der Waals surface area contributed by atoms with E-state index in [1.165, 1.54) is 0 Å². The van der Waals surface area contributed by atoms with Crippen LogP contribution in [0.2, 0.25) is 0 Å². The number of nitrogens with zero attached hydrogens (tertiary/aromatic N) is 3. The molecule has 5 heteroatoms. The number of ether oxygens (including phenoxy) is 1. The van der Waals surface area contributed by atoms with Gasteiger partial charge in [0.05, 0.1) is 18.0 Å². The van der Waals surface area contributed by atoms with Gasteiger partial charge in [-0.2, -0.15) is 5.10 Å². The van der Waals surface area contributed by atoms with Crippen molar-refractivity contribution in [2.75, 3.05) is 25.6 Å². The highest BCUT2D eigenvalue weighted by molar-refractivity contribution is 5.25. The number of hydrogen-bond donors (Lipinski definition) is 1. The summed E-state index contributed by atoms with van der Waals surface area (Å²) >= 11 is 0. The zero-order valence-corrected chi connectivity index (χ0v) is 9.58. The largest absolute Gasteiger partial charge is 0.383 e. The number of anilines is 1. The number of rotatable bonds is 6. The molecule has 5 nitrogen and oxygen atoms in total. The van der Waals surface area contributed by atoms with Gasteiger partial charge in [0, 0.05) is 13.7 Å². The lowest BCUT2D eigenvalue weighted by molar-refractivity contribution is 0.210. The van der Waals surface area contributed by atoms with Gasteiger partial charge in [0.1, 0.15) is 0 Å². The summed E-state index contributed by atoms with van der Waals surface area (Å²) in [5.41, 5.74) is 2.00. The van der Waals surface area contributed by atoms with Crippen molar-refractivity contribution in [3.63, 3.8) is 0 Å². The van der Waals surface area contributed by atoms with E-state index in [1.807, 2.05) is 0 Å². The second kappa shape index (κ2) is 6.29. The lowest BCUT2D eigenvalue weighted by Gasteiger charge is -2.06. The van der Waals surface area contributed by atoms with Crippen molar-refractivity contribution >= 4 is 5.95 Å².